The van der Waals surface area contributed by atoms with Crippen molar-refractivity contribution in [3.8, 4) is 0 Å². The molecule has 2 heterocycles. The van der Waals surface area contributed by atoms with Gasteiger partial charge in [-0.1, -0.05) is 0 Å². The van der Waals surface area contributed by atoms with Crippen LogP contribution in [0.2, 0.25) is 0 Å². The van der Waals surface area contributed by atoms with Crippen LogP contribution in [0.3, 0.4) is 0 Å². The number of fused-ring (bicyclic) bond motifs is 2. The van der Waals surface area contributed by atoms with Gasteiger partial charge in [0.25, 0.3) is 0 Å². The van der Waals surface area contributed by atoms with E-state index in [1.807, 2.05) is 18.7 Å². The van der Waals surface area contributed by atoms with Crippen LogP contribution in [-0.4, -0.2) is 56.4 Å². The summed E-state index contributed by atoms with van der Waals surface area (Å²) >= 11 is 1.82. The fraction of sp³-hybridized carbons (Fsp3) is 1.00. The van der Waals surface area contributed by atoms with Crippen molar-refractivity contribution in [2.75, 3.05) is 26.6 Å². The van der Waals surface area contributed by atoms with Gasteiger partial charge in [0.15, 0.2) is 0 Å². The fourth-order valence-electron chi connectivity index (χ4n) is 2.77. The minimum atomic E-state index is -0.658. The van der Waals surface area contributed by atoms with Crippen LogP contribution in [0.5, 0.6) is 0 Å². The summed E-state index contributed by atoms with van der Waals surface area (Å²) in [6.07, 6.45) is -0.00931. The maximum atomic E-state index is 6.20. The number of ether oxygens (including phenoxy) is 3. The zero-order valence-corrected chi connectivity index (χ0v) is 10.5. The maximum Gasteiger partial charge on any atom is 0.128 e. The number of methoxy groups -OCH3 is 2. The van der Waals surface area contributed by atoms with Crippen LogP contribution in [0.15, 0.2) is 0 Å². The van der Waals surface area contributed by atoms with E-state index in [2.05, 4.69) is 6.92 Å². The van der Waals surface area contributed by atoms with Crippen molar-refractivity contribution in [1.82, 2.24) is 0 Å². The number of rotatable bonds is 3. The Morgan fingerprint density at radius 3 is 2.60 bits per heavy atom. The molecule has 84 valence electrons. The second-order valence-corrected chi connectivity index (χ2v) is 6.14. The summed E-state index contributed by atoms with van der Waals surface area (Å²) in [5.41, 5.74) is -1.04. The minimum absolute atomic E-state index is 0.00931. The van der Waals surface area contributed by atoms with E-state index in [0.717, 1.165) is 5.75 Å². The minimum Gasteiger partial charge on any atom is -0.382 e. The molecule has 3 nitrogen and oxygen atoms in total. The summed E-state index contributed by atoms with van der Waals surface area (Å²) < 4.78 is 16.6. The van der Waals surface area contributed by atoms with Gasteiger partial charge < -0.3 is 14.2 Å². The van der Waals surface area contributed by atoms with Crippen LogP contribution < -0.4 is 0 Å². The summed E-state index contributed by atoms with van der Waals surface area (Å²) in [5, 5.41) is 0. The first-order valence-corrected chi connectivity index (χ1v) is 6.05. The van der Waals surface area contributed by atoms with E-state index < -0.39 is 5.50 Å². The van der Waals surface area contributed by atoms with Crippen LogP contribution in [-0.2, 0) is 14.2 Å². The van der Waals surface area contributed by atoms with Gasteiger partial charge in [0.05, 0.1) is 11.4 Å². The molecule has 2 aliphatic rings. The van der Waals surface area contributed by atoms with Crippen LogP contribution in [0, 0.1) is 0 Å². The number of hydrogen-bond acceptors (Lipinski definition) is 4. The van der Waals surface area contributed by atoms with E-state index in [4.69, 9.17) is 22.1 Å². The second-order valence-electron chi connectivity index (χ2n) is 4.72. The monoisotopic (exact) mass is 228 g/mol. The molecule has 0 aliphatic carbocycles. The Morgan fingerprint density at radius 1 is 1.47 bits per heavy atom. The lowest BCUT2D eigenvalue weighted by molar-refractivity contribution is -0.117. The predicted molar refractivity (Wildman–Crippen MR) is 61.5 cm³/mol. The quantitative estimate of drug-likeness (QED) is 0.668. The van der Waals surface area contributed by atoms with Crippen molar-refractivity contribution in [3.05, 3.63) is 0 Å². The Labute approximate surface area is 96.6 Å². The topological polar surface area (TPSA) is 27.7 Å². The zero-order valence-electron chi connectivity index (χ0n) is 9.70. The first-order chi connectivity index (χ1) is 6.92. The van der Waals surface area contributed by atoms with Gasteiger partial charge in [-0.05, 0) is 13.8 Å². The SMILES string of the molecule is [B][C@]1(C)O[C@]2(COC)CSC1(C)[C@@H]2OC. The van der Waals surface area contributed by atoms with Crippen LogP contribution >= 0.6 is 11.8 Å². The average Bonchev–Trinajstić information content (AvgIpc) is 2.48. The fourth-order valence-corrected chi connectivity index (χ4v) is 4.39. The molecular formula is C10H17BO3S. The van der Waals surface area contributed by atoms with Gasteiger partial charge in [-0.3, -0.25) is 0 Å². The zero-order chi connectivity index (χ0) is 11.3. The lowest BCUT2D eigenvalue weighted by Gasteiger charge is -2.40. The van der Waals surface area contributed by atoms with Crippen molar-refractivity contribution >= 4 is 19.6 Å². The molecule has 15 heavy (non-hydrogen) atoms. The Morgan fingerprint density at radius 2 is 2.13 bits per heavy atom. The van der Waals surface area contributed by atoms with Crippen molar-refractivity contribution < 1.29 is 14.2 Å². The Kier molecular flexibility index (Phi) is 2.66. The molecular weight excluding hydrogens is 211 g/mol. The highest BCUT2D eigenvalue weighted by atomic mass is 32.2. The number of hydrogen-bond donors (Lipinski definition) is 0. The summed E-state index contributed by atoms with van der Waals surface area (Å²) in [7, 11) is 9.59. The average molecular weight is 228 g/mol. The van der Waals surface area contributed by atoms with Crippen LogP contribution in [0.25, 0.3) is 0 Å². The molecule has 5 heteroatoms. The number of thioether (sulfide) groups is 1. The normalized spacial score (nSPS) is 53.7. The molecule has 0 amide bonds. The van der Waals surface area contributed by atoms with Crippen molar-refractivity contribution in [2.45, 2.75) is 35.8 Å². The first-order valence-electron chi connectivity index (χ1n) is 5.07. The molecule has 0 saturated carbocycles. The third kappa shape index (κ3) is 1.33. The van der Waals surface area contributed by atoms with Gasteiger partial charge in [0.1, 0.15) is 19.6 Å². The predicted octanol–water partition coefficient (Wildman–Crippen LogP) is 0.807. The third-order valence-corrected chi connectivity index (χ3v) is 5.47. The molecule has 0 spiro atoms. The van der Waals surface area contributed by atoms with Crippen LogP contribution in [0.1, 0.15) is 13.8 Å². The lowest BCUT2D eigenvalue weighted by atomic mass is 9.71. The third-order valence-electron chi connectivity index (χ3n) is 3.62. The van der Waals surface area contributed by atoms with Gasteiger partial charge in [-0.15, -0.1) is 11.8 Å². The molecule has 2 radical (unpaired) electrons. The van der Waals surface area contributed by atoms with Gasteiger partial charge in [-0.2, -0.15) is 0 Å². The molecule has 2 rings (SSSR count). The molecule has 2 aliphatic heterocycles. The highest BCUT2D eigenvalue weighted by molar-refractivity contribution is 8.01. The largest absolute Gasteiger partial charge is 0.382 e. The summed E-state index contributed by atoms with van der Waals surface area (Å²) in [4.78, 5) is 0. The van der Waals surface area contributed by atoms with Crippen LogP contribution in [0.4, 0.5) is 0 Å². The molecule has 2 saturated heterocycles. The summed E-state index contributed by atoms with van der Waals surface area (Å²) in [6.45, 7) is 4.56. The van der Waals surface area contributed by atoms with Crippen molar-refractivity contribution in [2.24, 2.45) is 0 Å². The van der Waals surface area contributed by atoms with E-state index in [1.165, 1.54) is 0 Å². The standard InChI is InChI=1S/C10H17BO3S/c1-8-7(13-4)10(5-12-3,6-15-8)14-9(8,2)11/h7H,5-6H2,1-4H3/t7-,8?,9+,10+/m0/s1. The lowest BCUT2D eigenvalue weighted by Crippen LogP contribution is -2.49. The van der Waals surface area contributed by atoms with Crippen molar-refractivity contribution in [3.63, 3.8) is 0 Å². The molecule has 2 fully saturated rings. The molecule has 0 N–H and O–H groups in total. The summed E-state index contributed by atoms with van der Waals surface area (Å²) in [5.74, 6) is 0.878. The Bertz CT molecular complexity index is 269. The van der Waals surface area contributed by atoms with E-state index >= 15 is 0 Å². The van der Waals surface area contributed by atoms with E-state index in [1.54, 1.807) is 14.2 Å². The molecule has 2 bridgehead atoms. The molecule has 0 aromatic heterocycles. The van der Waals surface area contributed by atoms with Gasteiger partial charge in [-0.25, -0.2) is 0 Å². The van der Waals surface area contributed by atoms with Gasteiger partial charge in [0, 0.05) is 25.5 Å². The van der Waals surface area contributed by atoms with Crippen molar-refractivity contribution in [1.29, 1.82) is 0 Å². The van der Waals surface area contributed by atoms with E-state index in [0.29, 0.717) is 6.61 Å². The smallest absolute Gasteiger partial charge is 0.128 e. The second kappa shape index (κ2) is 3.39. The summed E-state index contributed by atoms with van der Waals surface area (Å²) in [6, 6.07) is 0. The molecule has 0 aromatic rings. The van der Waals surface area contributed by atoms with E-state index in [-0.39, 0.29) is 16.5 Å². The Hall–Kier alpha value is 0.295. The molecule has 4 atom stereocenters. The molecule has 0 aromatic carbocycles. The van der Waals surface area contributed by atoms with Gasteiger partial charge >= 0.3 is 0 Å². The highest BCUT2D eigenvalue weighted by Crippen LogP contribution is 2.60. The molecule has 1 unspecified atom stereocenters. The Balaban J connectivity index is 2.36. The maximum absolute atomic E-state index is 6.20. The first kappa shape index (κ1) is 11.8. The van der Waals surface area contributed by atoms with E-state index in [9.17, 15) is 0 Å². The van der Waals surface area contributed by atoms with Gasteiger partial charge in [0.2, 0.25) is 0 Å². The highest BCUT2D eigenvalue weighted by Gasteiger charge is 2.70.